The van der Waals surface area contributed by atoms with Gasteiger partial charge in [-0.1, -0.05) is 0 Å². The minimum absolute atomic E-state index is 0.0322. The van der Waals surface area contributed by atoms with Gasteiger partial charge in [0.05, 0.1) is 12.5 Å². The number of alkyl halides is 2. The molecule has 0 amide bonds. The van der Waals surface area contributed by atoms with Gasteiger partial charge in [0.1, 0.15) is 6.10 Å². The summed E-state index contributed by atoms with van der Waals surface area (Å²) >= 11 is 0. The van der Waals surface area contributed by atoms with E-state index < -0.39 is 22.5 Å². The summed E-state index contributed by atoms with van der Waals surface area (Å²) in [5.74, 6) is -0.596. The molecule has 1 aromatic carbocycles. The second-order valence-electron chi connectivity index (χ2n) is 11.7. The first-order valence-corrected chi connectivity index (χ1v) is 15.0. The molecule has 2 aliphatic rings. The van der Waals surface area contributed by atoms with Crippen LogP contribution in [0.15, 0.2) is 24.4 Å². The largest absolute Gasteiger partial charge is 0.486 e. The van der Waals surface area contributed by atoms with Gasteiger partial charge in [-0.15, -0.1) is 0 Å². The molecule has 10 nitrogen and oxygen atoms in total. The first-order chi connectivity index (χ1) is 18.6. The van der Waals surface area contributed by atoms with E-state index in [0.29, 0.717) is 18.5 Å². The van der Waals surface area contributed by atoms with Crippen molar-refractivity contribution >= 4 is 27.5 Å². The van der Waals surface area contributed by atoms with E-state index in [2.05, 4.69) is 53.6 Å². The van der Waals surface area contributed by atoms with Crippen LogP contribution in [0.1, 0.15) is 53.4 Å². The molecule has 14 heteroatoms. The summed E-state index contributed by atoms with van der Waals surface area (Å²) < 4.78 is 76.5. The van der Waals surface area contributed by atoms with Gasteiger partial charge in [-0.25, -0.2) is 22.1 Å². The number of nitrogens with one attached hydrogen (secondary N) is 3. The molecule has 3 N–H and O–H groups in total. The van der Waals surface area contributed by atoms with Crippen molar-refractivity contribution in [1.29, 1.82) is 0 Å². The summed E-state index contributed by atoms with van der Waals surface area (Å²) in [7, 11) is -3.30. The molecule has 3 heterocycles. The molecule has 2 aliphatic heterocycles. The topological polar surface area (TPSA) is 118 Å². The van der Waals surface area contributed by atoms with Crippen LogP contribution in [0.3, 0.4) is 0 Å². The van der Waals surface area contributed by atoms with Crippen molar-refractivity contribution in [3.8, 4) is 11.5 Å². The number of aromatic nitrogens is 2. The zero-order valence-electron chi connectivity index (χ0n) is 23.3. The SMILES string of the molecule is CC1(C)CC(Nc2nc(Nc3ccc(OC4CCN(S(C)(=O)=O)CC4)c(OC(F)F)c3)ncc2F)CC(C)(C)N1. The van der Waals surface area contributed by atoms with Crippen molar-refractivity contribution in [3.05, 3.63) is 30.2 Å². The van der Waals surface area contributed by atoms with Gasteiger partial charge >= 0.3 is 6.61 Å². The summed E-state index contributed by atoms with van der Waals surface area (Å²) in [5, 5.41) is 9.70. The molecule has 0 unspecified atom stereocenters. The van der Waals surface area contributed by atoms with E-state index in [1.165, 1.54) is 16.4 Å². The predicted molar refractivity (Wildman–Crippen MR) is 146 cm³/mol. The number of benzene rings is 1. The zero-order valence-corrected chi connectivity index (χ0v) is 24.1. The lowest BCUT2D eigenvalue weighted by Gasteiger charge is -2.46. The molecule has 0 radical (unpaired) electrons. The summed E-state index contributed by atoms with van der Waals surface area (Å²) in [4.78, 5) is 8.28. The van der Waals surface area contributed by atoms with E-state index in [-0.39, 0.29) is 59.6 Å². The monoisotopic (exact) mass is 586 g/mol. The van der Waals surface area contributed by atoms with E-state index in [4.69, 9.17) is 9.47 Å². The Balaban J connectivity index is 1.47. The molecule has 4 rings (SSSR count). The Morgan fingerprint density at radius 2 is 1.75 bits per heavy atom. The number of halogens is 3. The van der Waals surface area contributed by atoms with E-state index in [9.17, 15) is 21.6 Å². The highest BCUT2D eigenvalue weighted by atomic mass is 32.2. The highest BCUT2D eigenvalue weighted by Crippen LogP contribution is 2.35. The fourth-order valence-electron chi connectivity index (χ4n) is 5.61. The third kappa shape index (κ3) is 8.10. The van der Waals surface area contributed by atoms with Gasteiger partial charge in [-0.05, 0) is 65.5 Å². The smallest absolute Gasteiger partial charge is 0.387 e. The van der Waals surface area contributed by atoms with E-state index in [1.807, 2.05) is 0 Å². The van der Waals surface area contributed by atoms with Crippen molar-refractivity contribution in [3.63, 3.8) is 0 Å². The normalized spacial score (nSPS) is 20.3. The average molecular weight is 587 g/mol. The molecule has 0 spiro atoms. The number of nitrogens with zero attached hydrogens (tertiary/aromatic N) is 3. The molecule has 222 valence electrons. The second kappa shape index (κ2) is 11.6. The fraction of sp³-hybridized carbons (Fsp3) is 0.615. The predicted octanol–water partition coefficient (Wildman–Crippen LogP) is 4.48. The van der Waals surface area contributed by atoms with Crippen molar-refractivity contribution in [2.24, 2.45) is 0 Å². The summed E-state index contributed by atoms with van der Waals surface area (Å²) in [5.41, 5.74) is 0.0239. The molecule has 2 fully saturated rings. The van der Waals surface area contributed by atoms with E-state index >= 15 is 0 Å². The summed E-state index contributed by atoms with van der Waals surface area (Å²) in [6, 6.07) is 4.35. The number of hydrogen-bond donors (Lipinski definition) is 3. The van der Waals surface area contributed by atoms with Crippen LogP contribution in [0, 0.1) is 5.82 Å². The van der Waals surface area contributed by atoms with Gasteiger partial charge in [-0.3, -0.25) is 0 Å². The average Bonchev–Trinajstić information content (AvgIpc) is 2.80. The standard InChI is InChI=1S/C26H37F3N6O4S/c1-25(2)13-17(14-26(3,4)34-25)31-22-19(27)15-30-24(33-22)32-16-6-7-20(21(12-16)39-23(28)29)38-18-8-10-35(11-9-18)40(5,36)37/h6-7,12,15,17-18,23,34H,8-11,13-14H2,1-5H3,(H2,30,31,32,33). The number of anilines is 3. The van der Waals surface area contributed by atoms with E-state index in [1.54, 1.807) is 6.07 Å². The van der Waals surface area contributed by atoms with Crippen LogP contribution in [-0.4, -0.2) is 71.9 Å². The maximum atomic E-state index is 14.6. The third-order valence-electron chi connectivity index (χ3n) is 6.85. The molecule has 0 atom stereocenters. The number of hydrogen-bond acceptors (Lipinski definition) is 9. The van der Waals surface area contributed by atoms with Crippen molar-refractivity contribution < 1.29 is 31.1 Å². The van der Waals surface area contributed by atoms with Crippen LogP contribution in [0.5, 0.6) is 11.5 Å². The number of sulfonamides is 1. The minimum Gasteiger partial charge on any atom is -0.486 e. The first kappa shape index (κ1) is 30.1. The van der Waals surface area contributed by atoms with Crippen LogP contribution in [0.2, 0.25) is 0 Å². The molecule has 0 aliphatic carbocycles. The lowest BCUT2D eigenvalue weighted by molar-refractivity contribution is -0.0523. The molecule has 2 aromatic rings. The molecule has 2 saturated heterocycles. The number of piperidine rings is 2. The Bertz CT molecular complexity index is 1290. The molecular formula is C26H37F3N6O4S. The van der Waals surface area contributed by atoms with Crippen LogP contribution in [0.4, 0.5) is 30.6 Å². The van der Waals surface area contributed by atoms with Gasteiger partial charge < -0.3 is 25.4 Å². The first-order valence-electron chi connectivity index (χ1n) is 13.1. The second-order valence-corrected chi connectivity index (χ2v) is 13.7. The number of ether oxygens (including phenoxy) is 2. The maximum Gasteiger partial charge on any atom is 0.387 e. The molecule has 0 bridgehead atoms. The van der Waals surface area contributed by atoms with Crippen molar-refractivity contribution in [2.75, 3.05) is 30.0 Å². The Hall–Kier alpha value is -2.84. The molecule has 40 heavy (non-hydrogen) atoms. The van der Waals surface area contributed by atoms with Gasteiger partial charge in [-0.2, -0.15) is 13.8 Å². The Morgan fingerprint density at radius 3 is 2.35 bits per heavy atom. The highest BCUT2D eigenvalue weighted by molar-refractivity contribution is 7.88. The zero-order chi connectivity index (χ0) is 29.3. The fourth-order valence-corrected chi connectivity index (χ4v) is 6.48. The van der Waals surface area contributed by atoms with Gasteiger partial charge in [0.2, 0.25) is 16.0 Å². The summed E-state index contributed by atoms with van der Waals surface area (Å²) in [6.07, 6.45) is 4.16. The third-order valence-corrected chi connectivity index (χ3v) is 8.16. The number of rotatable bonds is 9. The lowest BCUT2D eigenvalue weighted by atomic mass is 9.79. The highest BCUT2D eigenvalue weighted by Gasteiger charge is 2.38. The Kier molecular flexibility index (Phi) is 8.71. The van der Waals surface area contributed by atoms with E-state index in [0.717, 1.165) is 25.3 Å². The molecule has 1 aromatic heterocycles. The van der Waals surface area contributed by atoms with Crippen molar-refractivity contribution in [2.45, 2.75) is 83.2 Å². The summed E-state index contributed by atoms with van der Waals surface area (Å²) in [6.45, 7) is 5.83. The lowest BCUT2D eigenvalue weighted by Crippen LogP contribution is -2.60. The quantitative estimate of drug-likeness (QED) is 0.391. The maximum absolute atomic E-state index is 14.6. The van der Waals surface area contributed by atoms with Crippen LogP contribution in [-0.2, 0) is 10.0 Å². The Labute approximate surface area is 233 Å². The van der Waals surface area contributed by atoms with Crippen LogP contribution in [0.25, 0.3) is 0 Å². The minimum atomic E-state index is -3.30. The van der Waals surface area contributed by atoms with Crippen LogP contribution < -0.4 is 25.4 Å². The van der Waals surface area contributed by atoms with Crippen molar-refractivity contribution in [1.82, 2.24) is 19.6 Å². The molecule has 0 saturated carbocycles. The van der Waals surface area contributed by atoms with Crippen LogP contribution >= 0.6 is 0 Å². The van der Waals surface area contributed by atoms with Gasteiger partial charge in [0.15, 0.2) is 23.1 Å². The Morgan fingerprint density at radius 1 is 1.10 bits per heavy atom. The van der Waals surface area contributed by atoms with Gasteiger partial charge in [0, 0.05) is 42.0 Å². The van der Waals surface area contributed by atoms with Gasteiger partial charge in [0.25, 0.3) is 0 Å². The molecular weight excluding hydrogens is 549 g/mol.